The molecule has 2 N–H and O–H groups in total. The molecule has 150 valence electrons. The van der Waals surface area contributed by atoms with Crippen molar-refractivity contribution in [1.29, 1.82) is 0 Å². The number of nitrogens with two attached hydrogens (primary N) is 1. The van der Waals surface area contributed by atoms with Crippen molar-refractivity contribution in [3.63, 3.8) is 0 Å². The van der Waals surface area contributed by atoms with E-state index in [1.807, 2.05) is 0 Å². The SMILES string of the molecule is COC1(C(=O)N2CC(=O)C3C2CCN3C(=O)CCC(C)C(N)=O)CCCC1. The Morgan fingerprint density at radius 3 is 2.52 bits per heavy atom. The van der Waals surface area contributed by atoms with Crippen LogP contribution < -0.4 is 5.73 Å². The van der Waals surface area contributed by atoms with E-state index in [2.05, 4.69) is 0 Å². The number of carbonyl (C=O) groups is 4. The Morgan fingerprint density at radius 2 is 1.93 bits per heavy atom. The molecule has 0 aromatic heterocycles. The second kappa shape index (κ2) is 7.58. The predicted octanol–water partition coefficient (Wildman–Crippen LogP) is 0.228. The minimum Gasteiger partial charge on any atom is -0.369 e. The summed E-state index contributed by atoms with van der Waals surface area (Å²) in [4.78, 5) is 52.8. The van der Waals surface area contributed by atoms with Crippen LogP contribution in [0.5, 0.6) is 0 Å². The summed E-state index contributed by atoms with van der Waals surface area (Å²) in [5, 5.41) is 0. The second-order valence-electron chi connectivity index (χ2n) is 8.03. The van der Waals surface area contributed by atoms with Crippen LogP contribution in [0, 0.1) is 5.92 Å². The van der Waals surface area contributed by atoms with Crippen molar-refractivity contribution in [3.05, 3.63) is 0 Å². The van der Waals surface area contributed by atoms with Gasteiger partial charge in [0, 0.05) is 26.0 Å². The summed E-state index contributed by atoms with van der Waals surface area (Å²) >= 11 is 0. The molecule has 2 heterocycles. The van der Waals surface area contributed by atoms with E-state index in [9.17, 15) is 19.2 Å². The standard InChI is InChI=1S/C19H29N3O5/c1-12(17(20)25)5-6-15(24)21-10-7-13-16(21)14(23)11-22(13)18(26)19(27-2)8-3-4-9-19/h12-13,16H,3-11H2,1-2H3,(H2,20,25). The van der Waals surface area contributed by atoms with Crippen molar-refractivity contribution in [3.8, 4) is 0 Å². The average Bonchev–Trinajstić information content (AvgIpc) is 3.36. The van der Waals surface area contributed by atoms with E-state index in [0.29, 0.717) is 32.2 Å². The number of hydrogen-bond acceptors (Lipinski definition) is 5. The van der Waals surface area contributed by atoms with Crippen LogP contribution in [0.3, 0.4) is 0 Å². The van der Waals surface area contributed by atoms with Crippen LogP contribution >= 0.6 is 0 Å². The molecule has 0 bridgehead atoms. The predicted molar refractivity (Wildman–Crippen MR) is 96.4 cm³/mol. The third-order valence-corrected chi connectivity index (χ3v) is 6.47. The maximum absolute atomic E-state index is 13.1. The van der Waals surface area contributed by atoms with Gasteiger partial charge in [0.05, 0.1) is 12.6 Å². The van der Waals surface area contributed by atoms with Crippen molar-refractivity contribution >= 4 is 23.5 Å². The number of nitrogens with zero attached hydrogens (tertiary/aromatic N) is 2. The van der Waals surface area contributed by atoms with Gasteiger partial charge in [-0.25, -0.2) is 0 Å². The Hall–Kier alpha value is -1.96. The van der Waals surface area contributed by atoms with Crippen molar-refractivity contribution in [2.24, 2.45) is 11.7 Å². The summed E-state index contributed by atoms with van der Waals surface area (Å²) in [5.74, 6) is -1.17. The molecule has 2 aliphatic heterocycles. The molecule has 3 atom stereocenters. The lowest BCUT2D eigenvalue weighted by molar-refractivity contribution is -0.155. The zero-order chi connectivity index (χ0) is 19.8. The molecule has 27 heavy (non-hydrogen) atoms. The molecule has 3 rings (SSSR count). The van der Waals surface area contributed by atoms with Crippen LogP contribution in [-0.2, 0) is 23.9 Å². The molecule has 8 heteroatoms. The minimum atomic E-state index is -0.816. The summed E-state index contributed by atoms with van der Waals surface area (Å²) in [6.07, 6.45) is 4.38. The Bertz CT molecular complexity index is 643. The molecule has 2 saturated heterocycles. The van der Waals surface area contributed by atoms with Crippen LogP contribution in [0.15, 0.2) is 0 Å². The van der Waals surface area contributed by atoms with Crippen LogP contribution in [0.2, 0.25) is 0 Å². The van der Waals surface area contributed by atoms with Crippen molar-refractivity contribution in [1.82, 2.24) is 9.80 Å². The van der Waals surface area contributed by atoms with E-state index in [1.165, 1.54) is 0 Å². The summed E-state index contributed by atoms with van der Waals surface area (Å²) in [7, 11) is 1.56. The monoisotopic (exact) mass is 379 g/mol. The molecule has 0 radical (unpaired) electrons. The molecule has 0 aromatic carbocycles. The molecule has 1 saturated carbocycles. The first kappa shape index (κ1) is 19.8. The van der Waals surface area contributed by atoms with Gasteiger partial charge >= 0.3 is 0 Å². The van der Waals surface area contributed by atoms with E-state index < -0.39 is 17.6 Å². The zero-order valence-electron chi connectivity index (χ0n) is 16.1. The van der Waals surface area contributed by atoms with E-state index in [-0.39, 0.29) is 42.5 Å². The van der Waals surface area contributed by atoms with Gasteiger partial charge in [0.2, 0.25) is 11.8 Å². The molecule has 0 spiro atoms. The molecule has 1 aliphatic carbocycles. The molecule has 3 aliphatic rings. The van der Waals surface area contributed by atoms with Gasteiger partial charge in [-0.1, -0.05) is 6.92 Å². The van der Waals surface area contributed by atoms with E-state index in [4.69, 9.17) is 10.5 Å². The van der Waals surface area contributed by atoms with E-state index in [1.54, 1.807) is 23.8 Å². The first-order valence-electron chi connectivity index (χ1n) is 9.78. The number of amides is 3. The maximum Gasteiger partial charge on any atom is 0.255 e. The first-order valence-corrected chi connectivity index (χ1v) is 9.78. The number of fused-ring (bicyclic) bond motifs is 1. The van der Waals surface area contributed by atoms with Crippen LogP contribution in [0.1, 0.15) is 51.9 Å². The van der Waals surface area contributed by atoms with Gasteiger partial charge in [0.25, 0.3) is 5.91 Å². The van der Waals surface area contributed by atoms with Gasteiger partial charge in [-0.3, -0.25) is 19.2 Å². The number of rotatable bonds is 6. The largest absolute Gasteiger partial charge is 0.369 e. The number of ketones is 1. The summed E-state index contributed by atoms with van der Waals surface area (Å²) < 4.78 is 5.59. The fourth-order valence-electron chi connectivity index (χ4n) is 4.71. The van der Waals surface area contributed by atoms with E-state index in [0.717, 1.165) is 12.8 Å². The maximum atomic E-state index is 13.1. The van der Waals surface area contributed by atoms with Crippen molar-refractivity contribution in [2.75, 3.05) is 20.2 Å². The molecular formula is C19H29N3O5. The summed E-state index contributed by atoms with van der Waals surface area (Å²) in [6.45, 7) is 2.19. The third kappa shape index (κ3) is 3.47. The lowest BCUT2D eigenvalue weighted by atomic mass is 9.99. The topological polar surface area (TPSA) is 110 Å². The number of likely N-dealkylation sites (tertiary alicyclic amines) is 2. The van der Waals surface area contributed by atoms with Gasteiger partial charge in [-0.05, 0) is 38.5 Å². The van der Waals surface area contributed by atoms with Crippen molar-refractivity contribution in [2.45, 2.75) is 69.6 Å². The summed E-state index contributed by atoms with van der Waals surface area (Å²) in [6, 6.07) is -0.837. The fourth-order valence-corrected chi connectivity index (χ4v) is 4.71. The van der Waals surface area contributed by atoms with Gasteiger partial charge in [-0.15, -0.1) is 0 Å². The summed E-state index contributed by atoms with van der Waals surface area (Å²) in [5.41, 5.74) is 4.43. The highest BCUT2D eigenvalue weighted by Gasteiger charge is 2.55. The van der Waals surface area contributed by atoms with Crippen molar-refractivity contribution < 1.29 is 23.9 Å². The highest BCUT2D eigenvalue weighted by molar-refractivity contribution is 5.99. The lowest BCUT2D eigenvalue weighted by Crippen LogP contribution is -2.51. The Labute approximate surface area is 159 Å². The van der Waals surface area contributed by atoms with Crippen LogP contribution in [-0.4, -0.2) is 71.2 Å². The fraction of sp³-hybridized carbons (Fsp3) is 0.789. The number of carbonyl (C=O) groups excluding carboxylic acids is 4. The van der Waals surface area contributed by atoms with Gasteiger partial charge in [0.1, 0.15) is 11.6 Å². The highest BCUT2D eigenvalue weighted by Crippen LogP contribution is 2.38. The Kier molecular flexibility index (Phi) is 5.55. The normalized spacial score (nSPS) is 27.7. The van der Waals surface area contributed by atoms with Crippen LogP contribution in [0.4, 0.5) is 0 Å². The number of hydrogen-bond donors (Lipinski definition) is 1. The lowest BCUT2D eigenvalue weighted by Gasteiger charge is -2.33. The zero-order valence-corrected chi connectivity index (χ0v) is 16.1. The molecule has 0 aromatic rings. The molecular weight excluding hydrogens is 350 g/mol. The second-order valence-corrected chi connectivity index (χ2v) is 8.03. The number of primary amides is 1. The molecule has 3 amide bonds. The molecule has 3 unspecified atom stereocenters. The Balaban J connectivity index is 1.68. The average molecular weight is 379 g/mol. The minimum absolute atomic E-state index is 0.0424. The molecule has 3 fully saturated rings. The Morgan fingerprint density at radius 1 is 1.26 bits per heavy atom. The highest BCUT2D eigenvalue weighted by atomic mass is 16.5. The molecule has 8 nitrogen and oxygen atoms in total. The number of ether oxygens (including phenoxy) is 1. The first-order chi connectivity index (χ1) is 12.8. The quantitative estimate of drug-likeness (QED) is 0.710. The van der Waals surface area contributed by atoms with Gasteiger partial charge in [0.15, 0.2) is 5.78 Å². The third-order valence-electron chi connectivity index (χ3n) is 6.47. The smallest absolute Gasteiger partial charge is 0.255 e. The van der Waals surface area contributed by atoms with Gasteiger partial charge < -0.3 is 20.3 Å². The van der Waals surface area contributed by atoms with Crippen LogP contribution in [0.25, 0.3) is 0 Å². The van der Waals surface area contributed by atoms with Gasteiger partial charge in [-0.2, -0.15) is 0 Å². The number of methoxy groups -OCH3 is 1. The number of Topliss-reactive ketones (excluding diaryl/α,β-unsaturated/α-hetero) is 1. The van der Waals surface area contributed by atoms with E-state index >= 15 is 0 Å².